The monoisotopic (exact) mass is 388 g/mol. The summed E-state index contributed by atoms with van der Waals surface area (Å²) in [5.41, 5.74) is 0.666. The van der Waals surface area contributed by atoms with Crippen molar-refractivity contribution in [3.05, 3.63) is 52.5 Å². The van der Waals surface area contributed by atoms with Crippen LogP contribution in [-0.4, -0.2) is 21.1 Å². The van der Waals surface area contributed by atoms with Gasteiger partial charge in [-0.25, -0.2) is 13.2 Å². The molecule has 6 nitrogen and oxygen atoms in total. The summed E-state index contributed by atoms with van der Waals surface area (Å²) in [6.45, 7) is 1.92. The van der Waals surface area contributed by atoms with E-state index < -0.39 is 16.1 Å². The molecule has 2 aromatic rings. The number of anilines is 2. The van der Waals surface area contributed by atoms with Gasteiger partial charge in [-0.05, 0) is 49.4 Å². The zero-order valence-corrected chi connectivity index (χ0v) is 14.9. The second-order valence-corrected chi connectivity index (χ2v) is 7.19. The zero-order valence-electron chi connectivity index (χ0n) is 12.5. The topological polar surface area (TPSA) is 84.5 Å². The van der Waals surface area contributed by atoms with Crippen molar-refractivity contribution in [2.24, 2.45) is 0 Å². The van der Waals surface area contributed by atoms with Crippen LogP contribution in [0.15, 0.2) is 47.4 Å². The number of rotatable bonds is 5. The average Bonchev–Trinajstić information content (AvgIpc) is 2.46. The fourth-order valence-corrected chi connectivity index (χ4v) is 3.40. The summed E-state index contributed by atoms with van der Waals surface area (Å²) in [6.07, 6.45) is -0.611. The number of amides is 1. The number of benzene rings is 2. The second-order valence-electron chi connectivity index (χ2n) is 4.63. The van der Waals surface area contributed by atoms with Crippen LogP contribution in [0.3, 0.4) is 0 Å². The fraction of sp³-hybridized carbons (Fsp3) is 0.133. The summed E-state index contributed by atoms with van der Waals surface area (Å²) in [5, 5.41) is 3.10. The van der Waals surface area contributed by atoms with Gasteiger partial charge in [0, 0.05) is 15.7 Å². The molecule has 0 aliphatic heterocycles. The van der Waals surface area contributed by atoms with Crippen LogP contribution < -0.4 is 10.0 Å². The summed E-state index contributed by atoms with van der Waals surface area (Å²) in [7, 11) is -3.81. The van der Waals surface area contributed by atoms with Gasteiger partial charge in [-0.3, -0.25) is 10.0 Å². The predicted octanol–water partition coefficient (Wildman–Crippen LogP) is 4.36. The SMILES string of the molecule is CCOC(=O)Nc1ccc(S(=O)(=O)Nc2cc(Cl)cc(Cl)c2)cc1. The molecule has 0 atom stereocenters. The van der Waals surface area contributed by atoms with Crippen LogP contribution >= 0.6 is 23.2 Å². The van der Waals surface area contributed by atoms with Crippen LogP contribution in [0.4, 0.5) is 16.2 Å². The van der Waals surface area contributed by atoms with Gasteiger partial charge >= 0.3 is 6.09 Å². The molecule has 0 radical (unpaired) electrons. The Bertz CT molecular complexity index is 819. The van der Waals surface area contributed by atoms with E-state index in [0.29, 0.717) is 15.7 Å². The first kappa shape index (κ1) is 18.4. The molecule has 2 N–H and O–H groups in total. The maximum absolute atomic E-state index is 12.4. The van der Waals surface area contributed by atoms with E-state index >= 15 is 0 Å². The van der Waals surface area contributed by atoms with E-state index in [-0.39, 0.29) is 17.2 Å². The molecular weight excluding hydrogens is 375 g/mol. The molecule has 2 rings (SSSR count). The maximum Gasteiger partial charge on any atom is 0.411 e. The Morgan fingerprint density at radius 2 is 1.62 bits per heavy atom. The molecule has 128 valence electrons. The number of halogens is 2. The molecule has 0 fully saturated rings. The molecule has 1 amide bonds. The second kappa shape index (κ2) is 7.74. The van der Waals surface area contributed by atoms with Crippen LogP contribution in [0.2, 0.25) is 10.0 Å². The standard InChI is InChI=1S/C15H14Cl2N2O4S/c1-2-23-15(20)18-12-3-5-14(6-4-12)24(21,22)19-13-8-10(16)7-11(17)9-13/h3-9,19H,2H2,1H3,(H,18,20). The minimum Gasteiger partial charge on any atom is -0.450 e. The Morgan fingerprint density at radius 3 is 2.17 bits per heavy atom. The summed E-state index contributed by atoms with van der Waals surface area (Å²) in [5.74, 6) is 0. The van der Waals surface area contributed by atoms with Crippen molar-refractivity contribution in [3.8, 4) is 0 Å². The van der Waals surface area contributed by atoms with E-state index in [1.54, 1.807) is 6.92 Å². The van der Waals surface area contributed by atoms with E-state index in [1.807, 2.05) is 0 Å². The van der Waals surface area contributed by atoms with Crippen molar-refractivity contribution in [3.63, 3.8) is 0 Å². The van der Waals surface area contributed by atoms with Gasteiger partial charge in [0.25, 0.3) is 10.0 Å². The van der Waals surface area contributed by atoms with Gasteiger partial charge in [0.05, 0.1) is 17.2 Å². The molecule has 0 heterocycles. The van der Waals surface area contributed by atoms with Crippen LogP contribution in [-0.2, 0) is 14.8 Å². The van der Waals surface area contributed by atoms with Crippen molar-refractivity contribution >= 4 is 50.7 Å². The summed E-state index contributed by atoms with van der Waals surface area (Å²) < 4.78 is 31.8. The number of sulfonamides is 1. The Labute approximate surface area is 149 Å². The molecule has 9 heteroatoms. The highest BCUT2D eigenvalue weighted by atomic mass is 35.5. The first-order valence-corrected chi connectivity index (χ1v) is 9.07. The van der Waals surface area contributed by atoms with Crippen molar-refractivity contribution in [2.45, 2.75) is 11.8 Å². The number of nitrogens with one attached hydrogen (secondary N) is 2. The third-order valence-corrected chi connectivity index (χ3v) is 4.63. The van der Waals surface area contributed by atoms with Crippen LogP contribution in [0, 0.1) is 0 Å². The van der Waals surface area contributed by atoms with Gasteiger partial charge in [0.2, 0.25) is 0 Å². The lowest BCUT2D eigenvalue weighted by Gasteiger charge is -2.10. The van der Waals surface area contributed by atoms with Crippen molar-refractivity contribution < 1.29 is 17.9 Å². The van der Waals surface area contributed by atoms with Crippen LogP contribution in [0.5, 0.6) is 0 Å². The van der Waals surface area contributed by atoms with E-state index in [9.17, 15) is 13.2 Å². The van der Waals surface area contributed by atoms with Gasteiger partial charge in [0.1, 0.15) is 0 Å². The van der Waals surface area contributed by atoms with Gasteiger partial charge < -0.3 is 4.74 Å². The number of carbonyl (C=O) groups excluding carboxylic acids is 1. The number of hydrogen-bond acceptors (Lipinski definition) is 4. The Morgan fingerprint density at radius 1 is 1.04 bits per heavy atom. The lowest BCUT2D eigenvalue weighted by atomic mass is 10.3. The number of carbonyl (C=O) groups is 1. The largest absolute Gasteiger partial charge is 0.450 e. The third-order valence-electron chi connectivity index (χ3n) is 2.80. The lowest BCUT2D eigenvalue weighted by Crippen LogP contribution is -2.14. The molecule has 0 aliphatic carbocycles. The maximum atomic E-state index is 12.4. The normalized spacial score (nSPS) is 11.0. The molecule has 24 heavy (non-hydrogen) atoms. The quantitative estimate of drug-likeness (QED) is 0.796. The van der Waals surface area contributed by atoms with Crippen molar-refractivity contribution in [1.82, 2.24) is 0 Å². The molecule has 2 aromatic carbocycles. The van der Waals surface area contributed by atoms with Crippen molar-refractivity contribution in [2.75, 3.05) is 16.6 Å². The minimum absolute atomic E-state index is 0.0213. The molecule has 0 spiro atoms. The molecule has 0 aromatic heterocycles. The Kier molecular flexibility index (Phi) is 5.93. The molecule has 0 aliphatic rings. The third kappa shape index (κ3) is 5.02. The van der Waals surface area contributed by atoms with Gasteiger partial charge in [0.15, 0.2) is 0 Å². The Hall–Kier alpha value is -1.96. The molecular formula is C15H14Cl2N2O4S. The van der Waals surface area contributed by atoms with E-state index in [0.717, 1.165) is 0 Å². The molecule has 0 saturated heterocycles. The van der Waals surface area contributed by atoms with Gasteiger partial charge in [-0.2, -0.15) is 0 Å². The van der Waals surface area contributed by atoms with Crippen LogP contribution in [0.1, 0.15) is 6.92 Å². The first-order chi connectivity index (χ1) is 11.3. The minimum atomic E-state index is -3.81. The number of ether oxygens (including phenoxy) is 1. The lowest BCUT2D eigenvalue weighted by molar-refractivity contribution is 0.168. The van der Waals surface area contributed by atoms with E-state index in [1.165, 1.54) is 42.5 Å². The summed E-state index contributed by atoms with van der Waals surface area (Å²) in [6, 6.07) is 10.0. The van der Waals surface area contributed by atoms with E-state index in [4.69, 9.17) is 27.9 Å². The molecule has 0 unspecified atom stereocenters. The van der Waals surface area contributed by atoms with Crippen molar-refractivity contribution in [1.29, 1.82) is 0 Å². The van der Waals surface area contributed by atoms with E-state index in [2.05, 4.69) is 10.0 Å². The smallest absolute Gasteiger partial charge is 0.411 e. The highest BCUT2D eigenvalue weighted by Crippen LogP contribution is 2.25. The molecule has 0 bridgehead atoms. The van der Waals surface area contributed by atoms with Crippen LogP contribution in [0.25, 0.3) is 0 Å². The van der Waals surface area contributed by atoms with Gasteiger partial charge in [-0.15, -0.1) is 0 Å². The summed E-state index contributed by atoms with van der Waals surface area (Å²) >= 11 is 11.7. The fourth-order valence-electron chi connectivity index (χ4n) is 1.83. The van der Waals surface area contributed by atoms with Gasteiger partial charge in [-0.1, -0.05) is 23.2 Å². The summed E-state index contributed by atoms with van der Waals surface area (Å²) in [4.78, 5) is 11.3. The zero-order chi connectivity index (χ0) is 17.7. The number of hydrogen-bond donors (Lipinski definition) is 2. The highest BCUT2D eigenvalue weighted by molar-refractivity contribution is 7.92. The highest BCUT2D eigenvalue weighted by Gasteiger charge is 2.15. The average molecular weight is 389 g/mol. The predicted molar refractivity (Wildman–Crippen MR) is 94.4 cm³/mol. The first-order valence-electron chi connectivity index (χ1n) is 6.83. The molecule has 0 saturated carbocycles. The Balaban J connectivity index is 2.16.